The molecule has 0 atom stereocenters. The lowest BCUT2D eigenvalue weighted by atomic mass is 10.1. The smallest absolute Gasteiger partial charge is 0.304 e. The van der Waals surface area contributed by atoms with E-state index in [0.29, 0.717) is 0 Å². The lowest BCUT2D eigenvalue weighted by Gasteiger charge is -2.11. The molecule has 0 unspecified atom stereocenters. The molecule has 1 aliphatic carbocycles. The molecule has 0 saturated heterocycles. The number of nitro benzene ring substituents is 1. The Labute approximate surface area is 98.0 Å². The number of carbonyl (C=O) groups is 1. The van der Waals surface area contributed by atoms with E-state index >= 15 is 0 Å². The second kappa shape index (κ2) is 3.73. The van der Waals surface area contributed by atoms with Gasteiger partial charge in [0.25, 0.3) is 5.91 Å². The van der Waals surface area contributed by atoms with E-state index in [1.807, 2.05) is 6.92 Å². The topological polar surface area (TPSA) is 98.3 Å². The van der Waals surface area contributed by atoms with E-state index in [1.54, 1.807) is 0 Å². The molecule has 17 heavy (non-hydrogen) atoms. The fourth-order valence-electron chi connectivity index (χ4n) is 1.60. The molecule has 1 aliphatic rings. The highest BCUT2D eigenvalue weighted by molar-refractivity contribution is 6.00. The highest BCUT2D eigenvalue weighted by atomic mass is 16.6. The Morgan fingerprint density at radius 3 is 2.71 bits per heavy atom. The SMILES string of the molecule is CC1(NC(=O)c2cccc(N)c2[N+](=O)[O-])CC1. The van der Waals surface area contributed by atoms with Crippen molar-refractivity contribution in [3.05, 3.63) is 33.9 Å². The van der Waals surface area contributed by atoms with E-state index < -0.39 is 10.8 Å². The molecule has 1 aromatic carbocycles. The minimum absolute atomic E-state index is 0.00333. The second-order valence-corrected chi connectivity index (χ2v) is 4.52. The van der Waals surface area contributed by atoms with Gasteiger partial charge < -0.3 is 11.1 Å². The van der Waals surface area contributed by atoms with Crippen LogP contribution in [0.4, 0.5) is 11.4 Å². The summed E-state index contributed by atoms with van der Waals surface area (Å²) in [6.45, 7) is 1.91. The van der Waals surface area contributed by atoms with E-state index in [-0.39, 0.29) is 22.5 Å². The molecule has 6 nitrogen and oxygen atoms in total. The summed E-state index contributed by atoms with van der Waals surface area (Å²) in [6.07, 6.45) is 1.80. The molecule has 1 aromatic rings. The Morgan fingerprint density at radius 2 is 2.18 bits per heavy atom. The number of nitrogens with one attached hydrogen (secondary N) is 1. The number of rotatable bonds is 3. The standard InChI is InChI=1S/C11H13N3O3/c1-11(5-6-11)13-10(15)7-3-2-4-8(12)9(7)14(16)17/h2-4H,5-6,12H2,1H3,(H,13,15). The fraction of sp³-hybridized carbons (Fsp3) is 0.364. The van der Waals surface area contributed by atoms with Crippen LogP contribution in [-0.4, -0.2) is 16.4 Å². The number of amides is 1. The van der Waals surface area contributed by atoms with Gasteiger partial charge in [0.2, 0.25) is 0 Å². The van der Waals surface area contributed by atoms with Gasteiger partial charge in [-0.3, -0.25) is 14.9 Å². The van der Waals surface area contributed by atoms with Crippen molar-refractivity contribution in [2.75, 3.05) is 5.73 Å². The molecule has 3 N–H and O–H groups in total. The molecular formula is C11H13N3O3. The largest absolute Gasteiger partial charge is 0.393 e. The van der Waals surface area contributed by atoms with Crippen molar-refractivity contribution >= 4 is 17.3 Å². The number of carbonyl (C=O) groups excluding carboxylic acids is 1. The van der Waals surface area contributed by atoms with Crippen molar-refractivity contribution in [1.82, 2.24) is 5.32 Å². The van der Waals surface area contributed by atoms with Crippen LogP contribution in [0, 0.1) is 10.1 Å². The minimum atomic E-state index is -0.626. The maximum absolute atomic E-state index is 11.9. The van der Waals surface area contributed by atoms with Crippen LogP contribution in [0.25, 0.3) is 0 Å². The average molecular weight is 235 g/mol. The van der Waals surface area contributed by atoms with Gasteiger partial charge in [0, 0.05) is 5.54 Å². The van der Waals surface area contributed by atoms with Crippen molar-refractivity contribution in [2.45, 2.75) is 25.3 Å². The zero-order valence-corrected chi connectivity index (χ0v) is 9.40. The van der Waals surface area contributed by atoms with E-state index in [1.165, 1.54) is 18.2 Å². The van der Waals surface area contributed by atoms with Gasteiger partial charge in [-0.25, -0.2) is 0 Å². The molecule has 90 valence electrons. The summed E-state index contributed by atoms with van der Waals surface area (Å²) in [5.41, 5.74) is 5.00. The number of anilines is 1. The molecule has 0 aliphatic heterocycles. The van der Waals surface area contributed by atoms with Crippen LogP contribution < -0.4 is 11.1 Å². The Hall–Kier alpha value is -2.11. The zero-order valence-electron chi connectivity index (χ0n) is 9.40. The number of benzene rings is 1. The maximum Gasteiger partial charge on any atom is 0.304 e. The molecule has 1 saturated carbocycles. The number of nitrogens with two attached hydrogens (primary N) is 1. The van der Waals surface area contributed by atoms with Gasteiger partial charge in [0.05, 0.1) is 4.92 Å². The molecule has 0 radical (unpaired) electrons. The number of nitrogen functional groups attached to an aromatic ring is 1. The van der Waals surface area contributed by atoms with Gasteiger partial charge in [-0.2, -0.15) is 0 Å². The first-order valence-electron chi connectivity index (χ1n) is 5.28. The van der Waals surface area contributed by atoms with E-state index in [0.717, 1.165) is 12.8 Å². The number of nitrogens with zero attached hydrogens (tertiary/aromatic N) is 1. The second-order valence-electron chi connectivity index (χ2n) is 4.52. The van der Waals surface area contributed by atoms with Crippen LogP contribution in [-0.2, 0) is 0 Å². The van der Waals surface area contributed by atoms with Gasteiger partial charge >= 0.3 is 5.69 Å². The zero-order chi connectivity index (χ0) is 12.6. The van der Waals surface area contributed by atoms with E-state index in [9.17, 15) is 14.9 Å². The highest BCUT2D eigenvalue weighted by Crippen LogP contribution is 2.35. The van der Waals surface area contributed by atoms with Gasteiger partial charge in [0.15, 0.2) is 0 Å². The lowest BCUT2D eigenvalue weighted by molar-refractivity contribution is -0.384. The molecule has 0 aromatic heterocycles. The summed E-state index contributed by atoms with van der Waals surface area (Å²) >= 11 is 0. The van der Waals surface area contributed by atoms with Crippen LogP contribution in [0.2, 0.25) is 0 Å². The van der Waals surface area contributed by atoms with Crippen LogP contribution in [0.15, 0.2) is 18.2 Å². The molecule has 0 spiro atoms. The third-order valence-corrected chi connectivity index (χ3v) is 2.91. The van der Waals surface area contributed by atoms with Crippen molar-refractivity contribution in [2.24, 2.45) is 0 Å². The summed E-state index contributed by atoms with van der Waals surface area (Å²) in [4.78, 5) is 22.2. The Kier molecular flexibility index (Phi) is 2.49. The first kappa shape index (κ1) is 11.4. The van der Waals surface area contributed by atoms with Crippen LogP contribution >= 0.6 is 0 Å². The lowest BCUT2D eigenvalue weighted by Crippen LogP contribution is -2.34. The first-order valence-corrected chi connectivity index (χ1v) is 5.28. The maximum atomic E-state index is 11.9. The molecule has 0 heterocycles. The van der Waals surface area contributed by atoms with Crippen molar-refractivity contribution in [1.29, 1.82) is 0 Å². The van der Waals surface area contributed by atoms with Crippen molar-refractivity contribution in [3.63, 3.8) is 0 Å². The van der Waals surface area contributed by atoms with Crippen molar-refractivity contribution < 1.29 is 9.72 Å². The molecule has 1 fully saturated rings. The highest BCUT2D eigenvalue weighted by Gasteiger charge is 2.40. The summed E-state index contributed by atoms with van der Waals surface area (Å²) in [7, 11) is 0. The summed E-state index contributed by atoms with van der Waals surface area (Å²) in [6, 6.07) is 4.36. The predicted octanol–water partition coefficient (Wildman–Crippen LogP) is 1.46. The third-order valence-electron chi connectivity index (χ3n) is 2.91. The van der Waals surface area contributed by atoms with Gasteiger partial charge in [-0.15, -0.1) is 0 Å². The summed E-state index contributed by atoms with van der Waals surface area (Å²) < 4.78 is 0. The van der Waals surface area contributed by atoms with E-state index in [2.05, 4.69) is 5.32 Å². The molecule has 1 amide bonds. The minimum Gasteiger partial charge on any atom is -0.393 e. The Balaban J connectivity index is 2.34. The Morgan fingerprint density at radius 1 is 1.53 bits per heavy atom. The van der Waals surface area contributed by atoms with E-state index in [4.69, 9.17) is 5.73 Å². The van der Waals surface area contributed by atoms with Crippen LogP contribution in [0.3, 0.4) is 0 Å². The molecular weight excluding hydrogens is 222 g/mol. The van der Waals surface area contributed by atoms with Gasteiger partial charge in [-0.1, -0.05) is 6.07 Å². The number of nitro groups is 1. The van der Waals surface area contributed by atoms with Gasteiger partial charge in [-0.05, 0) is 31.9 Å². The predicted molar refractivity (Wildman–Crippen MR) is 62.6 cm³/mol. The summed E-state index contributed by atoms with van der Waals surface area (Å²) in [5, 5.41) is 13.6. The van der Waals surface area contributed by atoms with Crippen molar-refractivity contribution in [3.8, 4) is 0 Å². The summed E-state index contributed by atoms with van der Waals surface area (Å²) in [5.74, 6) is -0.441. The normalized spacial score (nSPS) is 16.3. The molecule has 6 heteroatoms. The fourth-order valence-corrected chi connectivity index (χ4v) is 1.60. The van der Waals surface area contributed by atoms with Gasteiger partial charge in [0.1, 0.15) is 11.3 Å². The first-order chi connectivity index (χ1) is 7.93. The third kappa shape index (κ3) is 2.20. The molecule has 0 bridgehead atoms. The molecule has 2 rings (SSSR count). The monoisotopic (exact) mass is 235 g/mol. The van der Waals surface area contributed by atoms with Crippen LogP contribution in [0.1, 0.15) is 30.1 Å². The average Bonchev–Trinajstić information content (AvgIpc) is 2.95. The number of para-hydroxylation sites is 1. The number of hydrogen-bond donors (Lipinski definition) is 2. The Bertz CT molecular complexity index is 495. The van der Waals surface area contributed by atoms with Crippen LogP contribution in [0.5, 0.6) is 0 Å². The number of hydrogen-bond acceptors (Lipinski definition) is 4. The quantitative estimate of drug-likeness (QED) is 0.470.